The molecule has 2 rings (SSSR count). The number of carbonyl (C=O) groups excluding carboxylic acids is 2. The number of carbonyl (C=O) groups is 2. The standard InChI is InChI=1S/C16H22N2O3/c1-11-4-5-14(12(2)10-11)17-15(19)13-6-8-18(9-7-13)16(20)21-3/h4-5,10,13H,6-9H2,1-3H3,(H,17,19). The van der Waals surface area contributed by atoms with Crippen LogP contribution in [0.4, 0.5) is 10.5 Å². The number of hydrogen-bond acceptors (Lipinski definition) is 3. The average Bonchev–Trinajstić information content (AvgIpc) is 2.49. The number of amides is 2. The van der Waals surface area contributed by atoms with Crippen molar-refractivity contribution in [2.45, 2.75) is 26.7 Å². The number of anilines is 1. The maximum atomic E-state index is 12.3. The third-order valence-corrected chi connectivity index (χ3v) is 3.94. The largest absolute Gasteiger partial charge is 0.453 e. The highest BCUT2D eigenvalue weighted by atomic mass is 16.5. The van der Waals surface area contributed by atoms with Gasteiger partial charge in [-0.25, -0.2) is 4.79 Å². The van der Waals surface area contributed by atoms with Crippen LogP contribution in [0, 0.1) is 19.8 Å². The monoisotopic (exact) mass is 290 g/mol. The fourth-order valence-corrected chi connectivity index (χ4v) is 2.64. The zero-order valence-corrected chi connectivity index (χ0v) is 12.8. The molecule has 1 N–H and O–H groups in total. The molecule has 1 aliphatic rings. The van der Waals surface area contributed by atoms with Gasteiger partial charge in [-0.15, -0.1) is 0 Å². The van der Waals surface area contributed by atoms with Crippen molar-refractivity contribution in [2.24, 2.45) is 5.92 Å². The molecule has 0 atom stereocenters. The Labute approximate surface area is 125 Å². The van der Waals surface area contributed by atoms with Crippen molar-refractivity contribution in [1.82, 2.24) is 4.90 Å². The summed E-state index contributed by atoms with van der Waals surface area (Å²) in [6, 6.07) is 5.98. The van der Waals surface area contributed by atoms with Gasteiger partial charge in [0.15, 0.2) is 0 Å². The van der Waals surface area contributed by atoms with Gasteiger partial charge in [-0.1, -0.05) is 17.7 Å². The Kier molecular flexibility index (Phi) is 4.83. The first-order chi connectivity index (χ1) is 10.0. The van der Waals surface area contributed by atoms with Crippen LogP contribution in [0.3, 0.4) is 0 Å². The first-order valence-electron chi connectivity index (χ1n) is 7.22. The quantitative estimate of drug-likeness (QED) is 0.911. The van der Waals surface area contributed by atoms with E-state index in [4.69, 9.17) is 4.74 Å². The van der Waals surface area contributed by atoms with Crippen LogP contribution in [0.5, 0.6) is 0 Å². The number of methoxy groups -OCH3 is 1. The maximum Gasteiger partial charge on any atom is 0.409 e. The first kappa shape index (κ1) is 15.4. The van der Waals surface area contributed by atoms with E-state index in [2.05, 4.69) is 11.4 Å². The third kappa shape index (κ3) is 3.74. The van der Waals surface area contributed by atoms with Crippen LogP contribution in [0.1, 0.15) is 24.0 Å². The topological polar surface area (TPSA) is 58.6 Å². The highest BCUT2D eigenvalue weighted by Crippen LogP contribution is 2.22. The predicted molar refractivity (Wildman–Crippen MR) is 81.2 cm³/mol. The summed E-state index contributed by atoms with van der Waals surface area (Å²) in [5.41, 5.74) is 3.10. The average molecular weight is 290 g/mol. The second-order valence-electron chi connectivity index (χ2n) is 5.54. The van der Waals surface area contributed by atoms with Crippen molar-refractivity contribution in [3.8, 4) is 0 Å². The van der Waals surface area contributed by atoms with Gasteiger partial charge >= 0.3 is 6.09 Å². The number of piperidine rings is 1. The lowest BCUT2D eigenvalue weighted by Crippen LogP contribution is -2.41. The van der Waals surface area contributed by atoms with Gasteiger partial charge in [-0.2, -0.15) is 0 Å². The van der Waals surface area contributed by atoms with Gasteiger partial charge < -0.3 is 15.0 Å². The van der Waals surface area contributed by atoms with Gasteiger partial charge in [-0.05, 0) is 38.3 Å². The molecule has 1 aromatic rings. The normalized spacial score (nSPS) is 15.7. The smallest absolute Gasteiger partial charge is 0.409 e. The number of aryl methyl sites for hydroxylation is 2. The van der Waals surface area contributed by atoms with Crippen LogP contribution in [-0.4, -0.2) is 37.1 Å². The number of ether oxygens (including phenoxy) is 1. The fourth-order valence-electron chi connectivity index (χ4n) is 2.64. The zero-order valence-electron chi connectivity index (χ0n) is 12.8. The van der Waals surface area contributed by atoms with Crippen molar-refractivity contribution in [1.29, 1.82) is 0 Å². The van der Waals surface area contributed by atoms with E-state index in [-0.39, 0.29) is 17.9 Å². The number of benzene rings is 1. The van der Waals surface area contributed by atoms with E-state index in [1.165, 1.54) is 12.7 Å². The zero-order chi connectivity index (χ0) is 15.4. The van der Waals surface area contributed by atoms with Crippen molar-refractivity contribution in [2.75, 3.05) is 25.5 Å². The molecule has 0 bridgehead atoms. The Bertz CT molecular complexity index is 534. The number of nitrogens with one attached hydrogen (secondary N) is 1. The molecule has 5 nitrogen and oxygen atoms in total. The van der Waals surface area contributed by atoms with Crippen molar-refractivity contribution >= 4 is 17.7 Å². The lowest BCUT2D eigenvalue weighted by Gasteiger charge is -2.30. The second-order valence-corrected chi connectivity index (χ2v) is 5.54. The Morgan fingerprint density at radius 1 is 1.24 bits per heavy atom. The van der Waals surface area contributed by atoms with E-state index in [0.29, 0.717) is 25.9 Å². The minimum atomic E-state index is -0.316. The van der Waals surface area contributed by atoms with Crippen LogP contribution < -0.4 is 5.32 Å². The Morgan fingerprint density at radius 2 is 1.90 bits per heavy atom. The van der Waals surface area contributed by atoms with E-state index >= 15 is 0 Å². The van der Waals surface area contributed by atoms with Crippen molar-refractivity contribution in [3.05, 3.63) is 29.3 Å². The summed E-state index contributed by atoms with van der Waals surface area (Å²) >= 11 is 0. The molecule has 1 heterocycles. The number of nitrogens with zero attached hydrogens (tertiary/aromatic N) is 1. The molecule has 0 unspecified atom stereocenters. The van der Waals surface area contributed by atoms with E-state index in [9.17, 15) is 9.59 Å². The van der Waals surface area contributed by atoms with Crippen LogP contribution in [0.15, 0.2) is 18.2 Å². The van der Waals surface area contributed by atoms with Gasteiger partial charge in [0, 0.05) is 24.7 Å². The lowest BCUT2D eigenvalue weighted by molar-refractivity contribution is -0.121. The molecule has 114 valence electrons. The summed E-state index contributed by atoms with van der Waals surface area (Å²) in [6.45, 7) is 5.15. The number of hydrogen-bond donors (Lipinski definition) is 1. The Hall–Kier alpha value is -2.04. The van der Waals surface area contributed by atoms with E-state index < -0.39 is 0 Å². The highest BCUT2D eigenvalue weighted by molar-refractivity contribution is 5.93. The molecule has 1 saturated heterocycles. The molecule has 0 aromatic heterocycles. The van der Waals surface area contributed by atoms with Crippen LogP contribution in [0.25, 0.3) is 0 Å². The molecule has 5 heteroatoms. The molecule has 1 aromatic carbocycles. The maximum absolute atomic E-state index is 12.3. The SMILES string of the molecule is COC(=O)N1CCC(C(=O)Nc2ccc(C)cc2C)CC1. The van der Waals surface area contributed by atoms with E-state index in [1.807, 2.05) is 26.0 Å². The molecule has 0 spiro atoms. The minimum absolute atomic E-state index is 0.0338. The molecule has 0 aliphatic carbocycles. The number of rotatable bonds is 2. The summed E-state index contributed by atoms with van der Waals surface area (Å²) in [5, 5.41) is 2.99. The van der Waals surface area contributed by atoms with Gasteiger partial charge in [0.2, 0.25) is 5.91 Å². The minimum Gasteiger partial charge on any atom is -0.453 e. The molecule has 1 fully saturated rings. The summed E-state index contributed by atoms with van der Waals surface area (Å²) < 4.78 is 4.69. The third-order valence-electron chi connectivity index (χ3n) is 3.94. The molecule has 2 amide bonds. The molecule has 0 radical (unpaired) electrons. The van der Waals surface area contributed by atoms with Crippen LogP contribution in [-0.2, 0) is 9.53 Å². The molecule has 1 aliphatic heterocycles. The highest BCUT2D eigenvalue weighted by Gasteiger charge is 2.27. The van der Waals surface area contributed by atoms with Crippen molar-refractivity contribution in [3.63, 3.8) is 0 Å². The molecule has 0 saturated carbocycles. The Balaban J connectivity index is 1.92. The van der Waals surface area contributed by atoms with Gasteiger partial charge in [0.25, 0.3) is 0 Å². The summed E-state index contributed by atoms with van der Waals surface area (Å²) in [6.07, 6.45) is 1.03. The van der Waals surface area contributed by atoms with Crippen LogP contribution in [0.2, 0.25) is 0 Å². The molecular formula is C16H22N2O3. The molecular weight excluding hydrogens is 268 g/mol. The Morgan fingerprint density at radius 3 is 2.48 bits per heavy atom. The van der Waals surface area contributed by atoms with E-state index in [1.54, 1.807) is 4.90 Å². The predicted octanol–water partition coefficient (Wildman–Crippen LogP) is 2.72. The van der Waals surface area contributed by atoms with Crippen LogP contribution >= 0.6 is 0 Å². The summed E-state index contributed by atoms with van der Waals surface area (Å²) in [7, 11) is 1.38. The number of likely N-dealkylation sites (tertiary alicyclic amines) is 1. The van der Waals surface area contributed by atoms with Gasteiger partial charge in [0.05, 0.1) is 7.11 Å². The molecule has 21 heavy (non-hydrogen) atoms. The van der Waals surface area contributed by atoms with Gasteiger partial charge in [-0.3, -0.25) is 4.79 Å². The first-order valence-corrected chi connectivity index (χ1v) is 7.22. The van der Waals surface area contributed by atoms with Gasteiger partial charge in [0.1, 0.15) is 0 Å². The lowest BCUT2D eigenvalue weighted by atomic mass is 9.96. The second kappa shape index (κ2) is 6.61. The fraction of sp³-hybridized carbons (Fsp3) is 0.500. The van der Waals surface area contributed by atoms with E-state index in [0.717, 1.165) is 11.3 Å². The summed E-state index contributed by atoms with van der Waals surface area (Å²) in [5.74, 6) is -0.0157. The summed E-state index contributed by atoms with van der Waals surface area (Å²) in [4.78, 5) is 25.4. The van der Waals surface area contributed by atoms with Crippen molar-refractivity contribution < 1.29 is 14.3 Å².